The summed E-state index contributed by atoms with van der Waals surface area (Å²) >= 11 is 0. The van der Waals surface area contributed by atoms with Gasteiger partial charge in [-0.15, -0.1) is 0 Å². The molecule has 2 N–H and O–H groups in total. The average molecular weight is 536 g/mol. The van der Waals surface area contributed by atoms with Crippen molar-refractivity contribution in [1.29, 1.82) is 0 Å². The number of nitrogens with one attached hydrogen (secondary N) is 1. The molecule has 0 amide bonds. The molecule has 2 aromatic heterocycles. The predicted molar refractivity (Wildman–Crippen MR) is 148 cm³/mol. The molecule has 208 valence electrons. The van der Waals surface area contributed by atoms with Crippen molar-refractivity contribution in [3.05, 3.63) is 53.3 Å². The van der Waals surface area contributed by atoms with Gasteiger partial charge in [0, 0.05) is 42.3 Å². The van der Waals surface area contributed by atoms with Gasteiger partial charge in [0.25, 0.3) is 0 Å². The second-order valence-electron chi connectivity index (χ2n) is 11.3. The Balaban J connectivity index is 1.07. The molecule has 3 aromatic rings. The van der Waals surface area contributed by atoms with Crippen LogP contribution in [0.4, 0.5) is 10.2 Å². The molecule has 39 heavy (non-hydrogen) atoms. The van der Waals surface area contributed by atoms with Crippen LogP contribution in [0.1, 0.15) is 67.4 Å². The van der Waals surface area contributed by atoms with Crippen LogP contribution in [0.2, 0.25) is 0 Å². The highest BCUT2D eigenvalue weighted by molar-refractivity contribution is 5.88. The third-order valence-electron chi connectivity index (χ3n) is 8.68. The number of rotatable bonds is 10. The van der Waals surface area contributed by atoms with Crippen LogP contribution in [0.15, 0.2) is 36.5 Å². The average Bonchev–Trinajstić information content (AvgIpc) is 3.72. The lowest BCUT2D eigenvalue weighted by molar-refractivity contribution is -0.143. The highest BCUT2D eigenvalue weighted by atomic mass is 19.1. The minimum atomic E-state index is -0.931. The summed E-state index contributed by atoms with van der Waals surface area (Å²) < 4.78 is 22.9. The highest BCUT2D eigenvalue weighted by Crippen LogP contribution is 2.36. The molecule has 0 saturated carbocycles. The van der Waals surface area contributed by atoms with E-state index in [1.54, 1.807) is 6.20 Å². The lowest BCUT2D eigenvalue weighted by Gasteiger charge is -2.26. The fourth-order valence-corrected chi connectivity index (χ4v) is 6.56. The normalized spacial score (nSPS) is 23.0. The Morgan fingerprint density at radius 1 is 1.23 bits per heavy atom. The molecule has 0 radical (unpaired) electrons. The van der Waals surface area contributed by atoms with Crippen molar-refractivity contribution in [3.63, 3.8) is 0 Å². The van der Waals surface area contributed by atoms with Crippen LogP contribution in [-0.4, -0.2) is 69.8 Å². The van der Waals surface area contributed by atoms with Gasteiger partial charge >= 0.3 is 5.97 Å². The third-order valence-corrected chi connectivity index (χ3v) is 8.68. The zero-order valence-corrected chi connectivity index (χ0v) is 22.4. The number of aryl methyl sites for hydroxylation is 2. The monoisotopic (exact) mass is 535 g/mol. The van der Waals surface area contributed by atoms with E-state index >= 15 is 4.39 Å². The van der Waals surface area contributed by atoms with Gasteiger partial charge in [0.2, 0.25) is 0 Å². The Bertz CT molecular complexity index is 1310. The van der Waals surface area contributed by atoms with Crippen molar-refractivity contribution in [3.8, 4) is 0 Å². The first kappa shape index (κ1) is 26.2. The van der Waals surface area contributed by atoms with E-state index in [1.165, 1.54) is 5.56 Å². The number of carbonyl (C=O) groups is 1. The number of ether oxygens (including phenoxy) is 1. The number of hydrogen-bond acceptors (Lipinski definition) is 6. The summed E-state index contributed by atoms with van der Waals surface area (Å²) in [5.74, 6) is -0.0391. The second-order valence-corrected chi connectivity index (χ2v) is 11.3. The fraction of sp³-hybridized carbons (Fsp3) is 0.567. The molecule has 3 aliphatic heterocycles. The van der Waals surface area contributed by atoms with Gasteiger partial charge in [-0.3, -0.25) is 14.4 Å². The van der Waals surface area contributed by atoms with E-state index in [9.17, 15) is 9.90 Å². The lowest BCUT2D eigenvalue weighted by Crippen LogP contribution is -2.34. The van der Waals surface area contributed by atoms with Crippen LogP contribution in [0.5, 0.6) is 0 Å². The molecule has 5 heterocycles. The first-order valence-corrected chi connectivity index (χ1v) is 14.5. The first-order valence-electron chi connectivity index (χ1n) is 14.5. The molecule has 9 heteroatoms. The number of aliphatic carboxylic acids is 1. The zero-order chi connectivity index (χ0) is 26.8. The Morgan fingerprint density at radius 2 is 2.15 bits per heavy atom. The predicted octanol–water partition coefficient (Wildman–Crippen LogP) is 4.95. The van der Waals surface area contributed by atoms with Crippen LogP contribution in [0, 0.1) is 5.92 Å². The molecule has 4 atom stereocenters. The van der Waals surface area contributed by atoms with E-state index in [1.807, 2.05) is 27.8 Å². The van der Waals surface area contributed by atoms with Crippen LogP contribution in [0.3, 0.4) is 0 Å². The Kier molecular flexibility index (Phi) is 7.79. The summed E-state index contributed by atoms with van der Waals surface area (Å²) in [7, 11) is 0. The van der Waals surface area contributed by atoms with E-state index in [-0.39, 0.29) is 12.0 Å². The number of unbranched alkanes of at least 4 members (excludes halogenated alkanes) is 1. The number of anilines is 1. The number of hydrogen-bond donors (Lipinski definition) is 2. The molecule has 2 saturated heterocycles. The Morgan fingerprint density at radius 3 is 3.00 bits per heavy atom. The SMILES string of the molecule is O=C(O)C(c1cccc2cnn([C@H]3CCOC3)c12)N1CC[C@@H](C(F)CCCCc2ccc3c(n2)NCCC3)C1. The number of alkyl halides is 1. The van der Waals surface area contributed by atoms with E-state index in [2.05, 4.69) is 22.5 Å². The van der Waals surface area contributed by atoms with Crippen molar-refractivity contribution in [2.24, 2.45) is 5.92 Å². The van der Waals surface area contributed by atoms with Crippen LogP contribution in [-0.2, 0) is 22.4 Å². The Labute approximate surface area is 228 Å². The molecular formula is C30H38FN5O3. The van der Waals surface area contributed by atoms with Crippen molar-refractivity contribution in [2.75, 3.05) is 38.2 Å². The second kappa shape index (κ2) is 11.6. The fourth-order valence-electron chi connectivity index (χ4n) is 6.56. The summed E-state index contributed by atoms with van der Waals surface area (Å²) in [5.41, 5.74) is 3.93. The summed E-state index contributed by atoms with van der Waals surface area (Å²) in [6.07, 6.45) is 7.68. The number of carboxylic acids is 1. The summed E-state index contributed by atoms with van der Waals surface area (Å²) in [4.78, 5) is 19.3. The maximum absolute atomic E-state index is 15.3. The van der Waals surface area contributed by atoms with Gasteiger partial charge in [0.15, 0.2) is 0 Å². The molecule has 2 unspecified atom stereocenters. The van der Waals surface area contributed by atoms with Crippen molar-refractivity contribution < 1.29 is 19.0 Å². The number of pyridine rings is 1. The molecular weight excluding hydrogens is 497 g/mol. The van der Waals surface area contributed by atoms with Crippen molar-refractivity contribution >= 4 is 22.7 Å². The molecule has 3 aliphatic rings. The van der Waals surface area contributed by atoms with Crippen LogP contribution < -0.4 is 5.32 Å². The minimum Gasteiger partial charge on any atom is -0.480 e. The largest absolute Gasteiger partial charge is 0.480 e. The molecule has 0 bridgehead atoms. The molecule has 1 aromatic carbocycles. The number of para-hydroxylation sites is 1. The minimum absolute atomic E-state index is 0.104. The quantitative estimate of drug-likeness (QED) is 0.355. The smallest absolute Gasteiger partial charge is 0.325 e. The zero-order valence-electron chi connectivity index (χ0n) is 22.4. The number of carboxylic acid groups (broad SMARTS) is 1. The maximum atomic E-state index is 15.3. The van der Waals surface area contributed by atoms with Crippen molar-refractivity contribution in [2.45, 2.75) is 69.6 Å². The van der Waals surface area contributed by atoms with Gasteiger partial charge in [-0.1, -0.05) is 30.7 Å². The van der Waals surface area contributed by atoms with Crippen LogP contribution in [0.25, 0.3) is 10.9 Å². The van der Waals surface area contributed by atoms with Crippen LogP contribution >= 0.6 is 0 Å². The number of likely N-dealkylation sites (tertiary alicyclic amines) is 1. The summed E-state index contributed by atoms with van der Waals surface area (Å²) in [5, 5.41) is 19.2. The summed E-state index contributed by atoms with van der Waals surface area (Å²) in [6.45, 7) is 3.27. The third kappa shape index (κ3) is 5.52. The van der Waals surface area contributed by atoms with Gasteiger partial charge in [0.05, 0.1) is 24.4 Å². The topological polar surface area (TPSA) is 92.5 Å². The molecule has 6 rings (SSSR count). The van der Waals surface area contributed by atoms with Gasteiger partial charge < -0.3 is 15.2 Å². The van der Waals surface area contributed by atoms with Gasteiger partial charge in [0.1, 0.15) is 18.0 Å². The molecule has 8 nitrogen and oxygen atoms in total. The molecule has 2 fully saturated rings. The Hall–Kier alpha value is -3.04. The number of nitrogens with zero attached hydrogens (tertiary/aromatic N) is 4. The van der Waals surface area contributed by atoms with Crippen molar-refractivity contribution in [1.82, 2.24) is 19.7 Å². The molecule has 0 aliphatic carbocycles. The number of halogens is 1. The molecule has 0 spiro atoms. The van der Waals surface area contributed by atoms with Gasteiger partial charge in [-0.05, 0) is 63.1 Å². The highest BCUT2D eigenvalue weighted by Gasteiger charge is 2.38. The standard InChI is InChI=1S/C30H38FN5O3/c31-26(9-2-1-7-23-11-10-20-6-4-14-32-29(20)34-23)22-12-15-35(18-22)28(30(37)38)25-8-3-5-21-17-33-36(27(21)25)24-13-16-39-19-24/h3,5,8,10-11,17,22,24,26,28H,1-2,4,6-7,9,12-16,18-19H2,(H,32,34)(H,37,38)/t22-,24+,26?,28?/m1/s1. The number of fused-ring (bicyclic) bond motifs is 2. The summed E-state index contributed by atoms with van der Waals surface area (Å²) in [6, 6.07) is 9.30. The maximum Gasteiger partial charge on any atom is 0.325 e. The van der Waals surface area contributed by atoms with E-state index < -0.39 is 18.2 Å². The number of aromatic nitrogens is 3. The van der Waals surface area contributed by atoms with E-state index in [0.29, 0.717) is 39.1 Å². The van der Waals surface area contributed by atoms with E-state index in [4.69, 9.17) is 9.72 Å². The van der Waals surface area contributed by atoms with Gasteiger partial charge in [-0.2, -0.15) is 5.10 Å². The number of benzene rings is 1. The first-order chi connectivity index (χ1) is 19.1. The lowest BCUT2D eigenvalue weighted by atomic mass is 9.97. The van der Waals surface area contributed by atoms with E-state index in [0.717, 1.165) is 73.0 Å². The van der Waals surface area contributed by atoms with Gasteiger partial charge in [-0.25, -0.2) is 9.37 Å².